The molecule has 2 bridgehead atoms. The third-order valence-corrected chi connectivity index (χ3v) is 7.13. The Balaban J connectivity index is 1.48. The zero-order valence-corrected chi connectivity index (χ0v) is 18.5. The van der Waals surface area contributed by atoms with E-state index in [1.165, 1.54) is 0 Å². The maximum Gasteiger partial charge on any atom is 0.229 e. The summed E-state index contributed by atoms with van der Waals surface area (Å²) in [7, 11) is 0. The van der Waals surface area contributed by atoms with Crippen LogP contribution >= 0.6 is 0 Å². The van der Waals surface area contributed by atoms with Gasteiger partial charge in [-0.25, -0.2) is 0 Å². The molecule has 0 unspecified atom stereocenters. The quantitative estimate of drug-likeness (QED) is 0.419. The monoisotopic (exact) mass is 444 g/mol. The number of hydrogen-bond acceptors (Lipinski definition) is 2. The fraction of sp³-hybridized carbons (Fsp3) is 0.133. The highest BCUT2D eigenvalue weighted by molar-refractivity contribution is 6.02. The van der Waals surface area contributed by atoms with Crippen molar-refractivity contribution in [1.29, 1.82) is 0 Å². The van der Waals surface area contributed by atoms with Crippen LogP contribution in [-0.2, 0) is 9.59 Å². The third kappa shape index (κ3) is 3.30. The number of carbonyl (C=O) groups is 2. The highest BCUT2D eigenvalue weighted by Gasteiger charge is 2.55. The van der Waals surface area contributed by atoms with E-state index in [9.17, 15) is 9.59 Å². The van der Waals surface area contributed by atoms with Crippen molar-refractivity contribution in [2.24, 2.45) is 11.8 Å². The van der Waals surface area contributed by atoms with Crippen molar-refractivity contribution >= 4 is 23.2 Å². The number of para-hydroxylation sites is 2. The van der Waals surface area contributed by atoms with E-state index >= 15 is 0 Å². The highest BCUT2D eigenvalue weighted by Crippen LogP contribution is 2.58. The van der Waals surface area contributed by atoms with E-state index in [1.807, 2.05) is 84.9 Å². The first-order valence-electron chi connectivity index (χ1n) is 11.6. The van der Waals surface area contributed by atoms with Crippen LogP contribution in [0.5, 0.6) is 0 Å². The number of carbonyl (C=O) groups excluding carboxylic acids is 2. The largest absolute Gasteiger partial charge is 0.326 e. The lowest BCUT2D eigenvalue weighted by Gasteiger charge is -2.49. The Morgan fingerprint density at radius 3 is 1.06 bits per heavy atom. The van der Waals surface area contributed by atoms with Gasteiger partial charge in [0.2, 0.25) is 11.8 Å². The van der Waals surface area contributed by atoms with Gasteiger partial charge in [0.1, 0.15) is 0 Å². The molecule has 0 aromatic heterocycles. The number of benzene rings is 4. The molecule has 4 heteroatoms. The van der Waals surface area contributed by atoms with Crippen LogP contribution in [0, 0.1) is 11.8 Å². The standard InChI is InChI=1S/C30H24N2O2/c33-29(31-19-11-3-1-4-12-19)27-25-21-15-7-9-17-23(21)26(24-18-10-8-16-22(24)25)28(27)30(34)32-20-13-5-2-6-14-20/h1-18,25-28H,(H,31,33)(H,32,34)/t25?,26?,27-,28+. The van der Waals surface area contributed by atoms with Crippen molar-refractivity contribution in [2.75, 3.05) is 10.6 Å². The van der Waals surface area contributed by atoms with Gasteiger partial charge in [0.05, 0.1) is 11.8 Å². The Morgan fingerprint density at radius 1 is 0.441 bits per heavy atom. The molecule has 0 saturated carbocycles. The number of fused-ring (bicyclic) bond motifs is 1. The average molecular weight is 445 g/mol. The van der Waals surface area contributed by atoms with E-state index in [-0.39, 0.29) is 23.7 Å². The maximum absolute atomic E-state index is 13.9. The fourth-order valence-electron chi connectivity index (χ4n) is 5.80. The lowest BCUT2D eigenvalue weighted by molar-refractivity contribution is -0.131. The number of nitrogens with one attached hydrogen (secondary N) is 2. The van der Waals surface area contributed by atoms with Crippen LogP contribution in [0.25, 0.3) is 0 Å². The normalized spacial score (nSPS) is 21.8. The average Bonchev–Trinajstić information content (AvgIpc) is 2.89. The summed E-state index contributed by atoms with van der Waals surface area (Å²) in [5, 5.41) is 6.18. The van der Waals surface area contributed by atoms with Gasteiger partial charge in [-0.1, -0.05) is 84.9 Å². The number of amides is 2. The Labute approximate surface area is 198 Å². The zero-order valence-electron chi connectivity index (χ0n) is 18.5. The minimum Gasteiger partial charge on any atom is -0.326 e. The van der Waals surface area contributed by atoms with Crippen LogP contribution < -0.4 is 10.6 Å². The van der Waals surface area contributed by atoms with Crippen LogP contribution in [0.3, 0.4) is 0 Å². The summed E-state index contributed by atoms with van der Waals surface area (Å²) < 4.78 is 0. The van der Waals surface area contributed by atoms with Crippen LogP contribution in [0.1, 0.15) is 34.1 Å². The second kappa shape index (κ2) is 8.31. The molecule has 4 aromatic rings. The molecular weight excluding hydrogens is 420 g/mol. The molecule has 2 N–H and O–H groups in total. The molecule has 0 heterocycles. The summed E-state index contributed by atoms with van der Waals surface area (Å²) in [6.45, 7) is 0. The van der Waals surface area contributed by atoms with E-state index in [1.54, 1.807) is 0 Å². The van der Waals surface area contributed by atoms with Crippen molar-refractivity contribution in [3.63, 3.8) is 0 Å². The number of hydrogen-bond donors (Lipinski definition) is 2. The topological polar surface area (TPSA) is 58.2 Å². The zero-order chi connectivity index (χ0) is 23.1. The first-order chi connectivity index (χ1) is 16.7. The van der Waals surface area contributed by atoms with Gasteiger partial charge in [-0.3, -0.25) is 9.59 Å². The predicted octanol–water partition coefficient (Wildman–Crippen LogP) is 5.79. The summed E-state index contributed by atoms with van der Waals surface area (Å²) in [6, 6.07) is 35.4. The number of rotatable bonds is 4. The Morgan fingerprint density at radius 2 is 0.735 bits per heavy atom. The summed E-state index contributed by atoms with van der Waals surface area (Å²) in [5.74, 6) is -1.69. The minimum atomic E-state index is -0.529. The lowest BCUT2D eigenvalue weighted by atomic mass is 9.53. The van der Waals surface area contributed by atoms with Gasteiger partial charge < -0.3 is 10.6 Å². The molecule has 2 atom stereocenters. The van der Waals surface area contributed by atoms with Crippen LogP contribution in [0.15, 0.2) is 109 Å². The molecule has 166 valence electrons. The molecule has 4 aromatic carbocycles. The van der Waals surface area contributed by atoms with Crippen molar-refractivity contribution in [3.8, 4) is 0 Å². The molecule has 34 heavy (non-hydrogen) atoms. The summed E-state index contributed by atoms with van der Waals surface area (Å²) in [6.07, 6.45) is 0. The van der Waals surface area contributed by atoms with Crippen molar-refractivity contribution in [1.82, 2.24) is 0 Å². The molecule has 0 spiro atoms. The molecule has 0 radical (unpaired) electrons. The Bertz CT molecular complexity index is 1210. The predicted molar refractivity (Wildman–Crippen MR) is 134 cm³/mol. The van der Waals surface area contributed by atoms with Gasteiger partial charge in [0.15, 0.2) is 0 Å². The van der Waals surface area contributed by atoms with E-state index in [2.05, 4.69) is 34.9 Å². The Hall–Kier alpha value is -4.18. The van der Waals surface area contributed by atoms with Crippen LogP contribution in [-0.4, -0.2) is 11.8 Å². The van der Waals surface area contributed by atoms with Gasteiger partial charge >= 0.3 is 0 Å². The smallest absolute Gasteiger partial charge is 0.229 e. The number of anilines is 2. The van der Waals surface area contributed by atoms with Crippen molar-refractivity contribution < 1.29 is 9.59 Å². The summed E-state index contributed by atoms with van der Waals surface area (Å²) in [4.78, 5) is 27.7. The van der Waals surface area contributed by atoms with Gasteiger partial charge in [0.25, 0.3) is 0 Å². The molecule has 0 saturated heterocycles. The second-order valence-electron chi connectivity index (χ2n) is 8.98. The Kier molecular flexibility index (Phi) is 4.99. The molecule has 2 amide bonds. The molecule has 3 aliphatic carbocycles. The molecule has 0 fully saturated rings. The van der Waals surface area contributed by atoms with E-state index < -0.39 is 11.8 Å². The summed E-state index contributed by atoms with van der Waals surface area (Å²) in [5.41, 5.74) is 6.04. The maximum atomic E-state index is 13.9. The molecule has 7 rings (SSSR count). The highest BCUT2D eigenvalue weighted by atomic mass is 16.2. The molecular formula is C30H24N2O2. The lowest BCUT2D eigenvalue weighted by Crippen LogP contribution is -2.50. The fourth-order valence-corrected chi connectivity index (χ4v) is 5.80. The summed E-state index contributed by atoms with van der Waals surface area (Å²) >= 11 is 0. The van der Waals surface area contributed by atoms with Gasteiger partial charge in [-0.15, -0.1) is 0 Å². The van der Waals surface area contributed by atoms with Crippen LogP contribution in [0.2, 0.25) is 0 Å². The van der Waals surface area contributed by atoms with Gasteiger partial charge in [-0.05, 0) is 46.5 Å². The van der Waals surface area contributed by atoms with E-state index in [0.717, 1.165) is 33.6 Å². The van der Waals surface area contributed by atoms with E-state index in [0.29, 0.717) is 0 Å². The minimum absolute atomic E-state index is 0.126. The molecule has 0 aliphatic heterocycles. The van der Waals surface area contributed by atoms with Crippen molar-refractivity contribution in [2.45, 2.75) is 11.8 Å². The molecule has 4 nitrogen and oxygen atoms in total. The first kappa shape index (κ1) is 20.4. The molecule has 3 aliphatic rings. The SMILES string of the molecule is O=C(Nc1ccccc1)[C@@H]1C2c3ccccc3C(c3ccccc32)[C@@H]1C(=O)Nc1ccccc1. The third-order valence-electron chi connectivity index (χ3n) is 7.13. The van der Waals surface area contributed by atoms with Gasteiger partial charge in [0, 0.05) is 23.2 Å². The van der Waals surface area contributed by atoms with Crippen LogP contribution in [0.4, 0.5) is 11.4 Å². The van der Waals surface area contributed by atoms with Gasteiger partial charge in [-0.2, -0.15) is 0 Å². The van der Waals surface area contributed by atoms with Crippen molar-refractivity contribution in [3.05, 3.63) is 131 Å². The second-order valence-corrected chi connectivity index (χ2v) is 8.98. The van der Waals surface area contributed by atoms with E-state index in [4.69, 9.17) is 0 Å². The first-order valence-corrected chi connectivity index (χ1v) is 11.6.